The average Bonchev–Trinajstić information content (AvgIpc) is 2.42. The number of likely N-dealkylation sites (tertiary alicyclic amines) is 1. The van der Waals surface area contributed by atoms with E-state index in [4.69, 9.17) is 5.11 Å². The number of nitrogens with zero attached hydrogens (tertiary/aromatic N) is 2. The van der Waals surface area contributed by atoms with Gasteiger partial charge in [-0.1, -0.05) is 6.07 Å². The molecule has 1 aliphatic heterocycles. The summed E-state index contributed by atoms with van der Waals surface area (Å²) in [7, 11) is 0. The number of rotatable bonds is 4. The second-order valence-electron chi connectivity index (χ2n) is 4.64. The Morgan fingerprint density at radius 1 is 1.50 bits per heavy atom. The highest BCUT2D eigenvalue weighted by molar-refractivity contribution is 5.77. The van der Waals surface area contributed by atoms with Gasteiger partial charge in [0.05, 0.1) is 0 Å². The van der Waals surface area contributed by atoms with Crippen molar-refractivity contribution in [2.75, 3.05) is 19.7 Å². The van der Waals surface area contributed by atoms with Crippen molar-refractivity contribution in [3.63, 3.8) is 0 Å². The van der Waals surface area contributed by atoms with Crippen molar-refractivity contribution in [3.05, 3.63) is 30.1 Å². The lowest BCUT2D eigenvalue weighted by molar-refractivity contribution is -0.124. The lowest BCUT2D eigenvalue weighted by Gasteiger charge is -2.32. The molecule has 98 valence electrons. The Kier molecular flexibility index (Phi) is 4.66. The fourth-order valence-electron chi connectivity index (χ4n) is 2.26. The van der Waals surface area contributed by atoms with Crippen LogP contribution in [0.3, 0.4) is 0 Å². The molecule has 0 atom stereocenters. The smallest absolute Gasteiger partial charge is 0.245 e. The van der Waals surface area contributed by atoms with Gasteiger partial charge in [0.25, 0.3) is 0 Å². The number of carbonyl (C=O) groups excluding carboxylic acids is 1. The van der Waals surface area contributed by atoms with Crippen LogP contribution in [0.2, 0.25) is 0 Å². The number of aromatic nitrogens is 1. The number of piperidine rings is 1. The highest BCUT2D eigenvalue weighted by Crippen LogP contribution is 2.13. The fraction of sp³-hybridized carbons (Fsp3) is 0.538. The molecule has 1 fully saturated rings. The number of carbonyl (C=O) groups is 1. The van der Waals surface area contributed by atoms with Gasteiger partial charge in [-0.2, -0.15) is 0 Å². The molecule has 5 nitrogen and oxygen atoms in total. The van der Waals surface area contributed by atoms with Gasteiger partial charge in [0.15, 0.2) is 0 Å². The van der Waals surface area contributed by atoms with E-state index in [-0.39, 0.29) is 11.9 Å². The first-order valence-corrected chi connectivity index (χ1v) is 6.29. The van der Waals surface area contributed by atoms with E-state index in [1.807, 2.05) is 12.3 Å². The molecule has 1 aromatic rings. The van der Waals surface area contributed by atoms with Crippen LogP contribution in [-0.4, -0.2) is 46.6 Å². The molecule has 2 N–H and O–H groups in total. The molecule has 1 aliphatic rings. The van der Waals surface area contributed by atoms with Crippen LogP contribution < -0.4 is 5.32 Å². The number of aliphatic hydroxyl groups excluding tert-OH is 1. The van der Waals surface area contributed by atoms with Crippen molar-refractivity contribution in [2.24, 2.45) is 0 Å². The first-order chi connectivity index (χ1) is 8.78. The molecule has 1 amide bonds. The van der Waals surface area contributed by atoms with Gasteiger partial charge >= 0.3 is 0 Å². The molecule has 2 heterocycles. The molecule has 0 bridgehead atoms. The summed E-state index contributed by atoms with van der Waals surface area (Å²) in [5, 5.41) is 11.5. The summed E-state index contributed by atoms with van der Waals surface area (Å²) in [6, 6.07) is 4.23. The molecule has 0 saturated carbocycles. The number of hydrogen-bond acceptors (Lipinski definition) is 4. The molecular weight excluding hydrogens is 230 g/mol. The number of pyridine rings is 1. The van der Waals surface area contributed by atoms with Gasteiger partial charge in [0.1, 0.15) is 6.61 Å². The van der Waals surface area contributed by atoms with Gasteiger partial charge < -0.3 is 10.4 Å². The maximum absolute atomic E-state index is 11.1. The number of aliphatic hydroxyl groups is 1. The number of nitrogens with one attached hydrogen (secondary N) is 1. The molecule has 18 heavy (non-hydrogen) atoms. The van der Waals surface area contributed by atoms with E-state index >= 15 is 0 Å². The number of hydrogen-bond donors (Lipinski definition) is 2. The van der Waals surface area contributed by atoms with Gasteiger partial charge in [0, 0.05) is 38.1 Å². The Balaban J connectivity index is 1.75. The maximum atomic E-state index is 11.1. The van der Waals surface area contributed by atoms with Crippen LogP contribution in [0.4, 0.5) is 0 Å². The van der Waals surface area contributed by atoms with Gasteiger partial charge in [-0.05, 0) is 24.5 Å². The summed E-state index contributed by atoms with van der Waals surface area (Å²) in [6.07, 6.45) is 5.54. The van der Waals surface area contributed by atoms with E-state index in [2.05, 4.69) is 21.3 Å². The molecule has 1 saturated heterocycles. The summed E-state index contributed by atoms with van der Waals surface area (Å²) in [5.41, 5.74) is 1.22. The molecule has 2 rings (SSSR count). The summed E-state index contributed by atoms with van der Waals surface area (Å²) < 4.78 is 0. The summed E-state index contributed by atoms with van der Waals surface area (Å²) in [5.74, 6) is -0.277. The van der Waals surface area contributed by atoms with E-state index < -0.39 is 6.61 Å². The van der Waals surface area contributed by atoms with Crippen LogP contribution in [0.5, 0.6) is 0 Å². The molecule has 0 aliphatic carbocycles. The normalized spacial score (nSPS) is 17.6. The van der Waals surface area contributed by atoms with E-state index in [0.717, 1.165) is 32.5 Å². The van der Waals surface area contributed by atoms with E-state index in [1.165, 1.54) is 5.56 Å². The zero-order valence-corrected chi connectivity index (χ0v) is 10.4. The van der Waals surface area contributed by atoms with Crippen LogP contribution in [0.25, 0.3) is 0 Å². The predicted octanol–water partition coefficient (Wildman–Crippen LogP) is 0.154. The zero-order chi connectivity index (χ0) is 12.8. The minimum absolute atomic E-state index is 0.204. The molecular formula is C13H19N3O2. The second kappa shape index (κ2) is 6.47. The Morgan fingerprint density at radius 2 is 2.28 bits per heavy atom. The van der Waals surface area contributed by atoms with Crippen molar-refractivity contribution in [1.82, 2.24) is 15.2 Å². The Hall–Kier alpha value is -1.46. The van der Waals surface area contributed by atoms with Crippen molar-refractivity contribution in [1.29, 1.82) is 0 Å². The molecule has 0 spiro atoms. The van der Waals surface area contributed by atoms with E-state index in [9.17, 15) is 4.79 Å². The predicted molar refractivity (Wildman–Crippen MR) is 67.8 cm³/mol. The van der Waals surface area contributed by atoms with Crippen LogP contribution in [0.15, 0.2) is 24.5 Å². The average molecular weight is 249 g/mol. The highest BCUT2D eigenvalue weighted by Gasteiger charge is 2.20. The monoisotopic (exact) mass is 249 g/mol. The van der Waals surface area contributed by atoms with Crippen molar-refractivity contribution in [2.45, 2.75) is 25.4 Å². The van der Waals surface area contributed by atoms with Crippen molar-refractivity contribution in [3.8, 4) is 0 Å². The first kappa shape index (κ1) is 13.0. The fourth-order valence-corrected chi connectivity index (χ4v) is 2.26. The quantitative estimate of drug-likeness (QED) is 0.797. The van der Waals surface area contributed by atoms with Gasteiger partial charge in [0.2, 0.25) is 5.91 Å². The van der Waals surface area contributed by atoms with Crippen LogP contribution in [0, 0.1) is 0 Å². The minimum atomic E-state index is -0.421. The summed E-state index contributed by atoms with van der Waals surface area (Å²) in [6.45, 7) is 2.42. The van der Waals surface area contributed by atoms with Crippen LogP contribution >= 0.6 is 0 Å². The lowest BCUT2D eigenvalue weighted by atomic mass is 10.0. The lowest BCUT2D eigenvalue weighted by Crippen LogP contribution is -2.45. The van der Waals surface area contributed by atoms with Crippen LogP contribution in [0.1, 0.15) is 18.4 Å². The van der Waals surface area contributed by atoms with Gasteiger partial charge in [-0.25, -0.2) is 0 Å². The second-order valence-corrected chi connectivity index (χ2v) is 4.64. The Bertz CT molecular complexity index is 375. The van der Waals surface area contributed by atoms with E-state index in [0.29, 0.717) is 0 Å². The maximum Gasteiger partial charge on any atom is 0.245 e. The minimum Gasteiger partial charge on any atom is -0.387 e. The third-order valence-corrected chi connectivity index (χ3v) is 3.23. The third kappa shape index (κ3) is 3.78. The molecule has 5 heteroatoms. The standard InChI is InChI=1S/C13H19N3O2/c17-10-13(18)15-12-3-6-16(7-4-12)9-11-2-1-5-14-8-11/h1-2,5,8,12,17H,3-4,6-7,9-10H2,(H,15,18). The van der Waals surface area contributed by atoms with E-state index in [1.54, 1.807) is 6.20 Å². The van der Waals surface area contributed by atoms with Gasteiger partial charge in [-0.15, -0.1) is 0 Å². The highest BCUT2D eigenvalue weighted by atomic mass is 16.3. The zero-order valence-electron chi connectivity index (χ0n) is 10.4. The van der Waals surface area contributed by atoms with Gasteiger partial charge in [-0.3, -0.25) is 14.7 Å². The third-order valence-electron chi connectivity index (χ3n) is 3.23. The summed E-state index contributed by atoms with van der Waals surface area (Å²) in [4.78, 5) is 17.5. The van der Waals surface area contributed by atoms with Crippen molar-refractivity contribution < 1.29 is 9.90 Å². The Labute approximate surface area is 107 Å². The SMILES string of the molecule is O=C(CO)NC1CCN(Cc2cccnc2)CC1. The Morgan fingerprint density at radius 3 is 2.89 bits per heavy atom. The van der Waals surface area contributed by atoms with Crippen LogP contribution in [-0.2, 0) is 11.3 Å². The largest absolute Gasteiger partial charge is 0.387 e. The first-order valence-electron chi connectivity index (χ1n) is 6.29. The molecule has 0 radical (unpaired) electrons. The number of amides is 1. The van der Waals surface area contributed by atoms with Crippen molar-refractivity contribution >= 4 is 5.91 Å². The summed E-state index contributed by atoms with van der Waals surface area (Å²) >= 11 is 0. The molecule has 1 aromatic heterocycles. The topological polar surface area (TPSA) is 65.5 Å². The molecule has 0 unspecified atom stereocenters. The molecule has 0 aromatic carbocycles.